The SMILES string of the molecule is CCN(CC)CCN(Cc1ccc(-c2ccc(C(F)(F)F)cc2)cc1)C(=O)Cn1c(CCc2ccc(F)c(F)c2)cc(=O)c2ccccc21.O=C(O)C(O)C(O)C(=O)O. The monoisotopic (exact) mass is 825 g/mol. The quantitative estimate of drug-likeness (QED) is 0.0876. The molecule has 0 fully saturated rings. The van der Waals surface area contributed by atoms with Crippen LogP contribution < -0.4 is 5.43 Å². The van der Waals surface area contributed by atoms with E-state index < -0.39 is 47.5 Å². The van der Waals surface area contributed by atoms with Crippen molar-refractivity contribution < 1.29 is 56.8 Å². The van der Waals surface area contributed by atoms with Gasteiger partial charge in [-0.05, 0) is 84.6 Å². The van der Waals surface area contributed by atoms with Gasteiger partial charge in [-0.3, -0.25) is 9.59 Å². The first-order chi connectivity index (χ1) is 27.9. The van der Waals surface area contributed by atoms with Crippen LogP contribution in [0.25, 0.3) is 22.0 Å². The van der Waals surface area contributed by atoms with Crippen molar-refractivity contribution in [3.63, 3.8) is 0 Å². The molecule has 0 spiro atoms. The summed E-state index contributed by atoms with van der Waals surface area (Å²) in [6, 6.07) is 24.7. The second kappa shape index (κ2) is 20.6. The van der Waals surface area contributed by atoms with Gasteiger partial charge in [-0.15, -0.1) is 0 Å². The molecule has 11 nitrogen and oxygen atoms in total. The highest BCUT2D eigenvalue weighted by Gasteiger charge is 2.30. The van der Waals surface area contributed by atoms with E-state index >= 15 is 0 Å². The number of fused-ring (bicyclic) bond motifs is 1. The maximum Gasteiger partial charge on any atom is 0.416 e. The number of aromatic nitrogens is 1. The summed E-state index contributed by atoms with van der Waals surface area (Å²) in [7, 11) is 0. The summed E-state index contributed by atoms with van der Waals surface area (Å²) in [5, 5.41) is 33.0. The van der Waals surface area contributed by atoms with Gasteiger partial charge in [-0.25, -0.2) is 18.4 Å². The first kappa shape index (κ1) is 45.7. The number of pyridine rings is 1. The Labute approximate surface area is 336 Å². The summed E-state index contributed by atoms with van der Waals surface area (Å²) in [6.45, 7) is 7.10. The van der Waals surface area contributed by atoms with Crippen LogP contribution in [0.5, 0.6) is 0 Å². The molecular weight excluding hydrogens is 781 g/mol. The van der Waals surface area contributed by atoms with Gasteiger partial charge in [0.2, 0.25) is 5.91 Å². The number of carboxylic acid groups (broad SMARTS) is 2. The normalized spacial score (nSPS) is 12.4. The predicted octanol–water partition coefficient (Wildman–Crippen LogP) is 6.00. The minimum atomic E-state index is -4.41. The average Bonchev–Trinajstić information content (AvgIpc) is 3.21. The maximum absolute atomic E-state index is 14.2. The fourth-order valence-electron chi connectivity index (χ4n) is 6.21. The molecule has 1 heterocycles. The highest BCUT2D eigenvalue weighted by Crippen LogP contribution is 2.31. The molecule has 0 aliphatic rings. The number of hydrogen-bond donors (Lipinski definition) is 4. The van der Waals surface area contributed by atoms with Gasteiger partial charge in [0.15, 0.2) is 29.3 Å². The summed E-state index contributed by atoms with van der Waals surface area (Å²) < 4.78 is 68.4. The molecule has 0 saturated heterocycles. The zero-order chi connectivity index (χ0) is 43.4. The van der Waals surface area contributed by atoms with Crippen LogP contribution in [0.2, 0.25) is 0 Å². The Hall–Kier alpha value is -5.97. The lowest BCUT2D eigenvalue weighted by Crippen LogP contribution is -2.40. The Morgan fingerprint density at radius 3 is 1.81 bits per heavy atom. The number of carboxylic acids is 2. The topological polar surface area (TPSA) is 161 Å². The molecule has 0 aliphatic carbocycles. The van der Waals surface area contributed by atoms with Gasteiger partial charge >= 0.3 is 18.1 Å². The third kappa shape index (κ3) is 12.5. The number of amides is 1. The minimum Gasteiger partial charge on any atom is -0.479 e. The van der Waals surface area contributed by atoms with E-state index in [0.29, 0.717) is 60.2 Å². The van der Waals surface area contributed by atoms with Crippen molar-refractivity contribution in [2.24, 2.45) is 0 Å². The zero-order valence-corrected chi connectivity index (χ0v) is 32.2. The number of likely N-dealkylation sites (N-methyl/N-ethyl adjacent to an activating group) is 1. The fourth-order valence-corrected chi connectivity index (χ4v) is 6.21. The fraction of sp³-hybridized carbons (Fsp3) is 0.302. The Morgan fingerprint density at radius 1 is 0.712 bits per heavy atom. The number of hydrogen-bond acceptors (Lipinski definition) is 7. The highest BCUT2D eigenvalue weighted by molar-refractivity contribution is 5.83. The molecular formula is C43H44F5N3O8. The van der Waals surface area contributed by atoms with Gasteiger partial charge in [0.05, 0.1) is 11.1 Å². The first-order valence-electron chi connectivity index (χ1n) is 18.6. The Bertz CT molecular complexity index is 2260. The van der Waals surface area contributed by atoms with Crippen molar-refractivity contribution >= 4 is 28.7 Å². The number of alkyl halides is 3. The van der Waals surface area contributed by atoms with E-state index in [0.717, 1.165) is 48.5 Å². The van der Waals surface area contributed by atoms with E-state index in [1.54, 1.807) is 29.2 Å². The lowest BCUT2D eigenvalue weighted by Gasteiger charge is -2.28. The minimum absolute atomic E-state index is 0.0458. The number of nitrogens with zero attached hydrogens (tertiary/aromatic N) is 3. The molecule has 5 aromatic rings. The molecule has 0 radical (unpaired) electrons. The van der Waals surface area contributed by atoms with Crippen LogP contribution in [0.4, 0.5) is 22.0 Å². The third-order valence-electron chi connectivity index (χ3n) is 9.66. The number of para-hydroxylation sites is 1. The lowest BCUT2D eigenvalue weighted by molar-refractivity contribution is -0.165. The van der Waals surface area contributed by atoms with Crippen LogP contribution in [0, 0.1) is 11.6 Å². The molecule has 1 amide bonds. The smallest absolute Gasteiger partial charge is 0.416 e. The number of halogens is 5. The maximum atomic E-state index is 14.2. The van der Waals surface area contributed by atoms with Crippen molar-refractivity contribution in [1.29, 1.82) is 0 Å². The van der Waals surface area contributed by atoms with Gasteiger partial charge in [-0.2, -0.15) is 13.2 Å². The van der Waals surface area contributed by atoms with Gasteiger partial charge in [0, 0.05) is 36.8 Å². The van der Waals surface area contributed by atoms with Crippen LogP contribution in [-0.2, 0) is 46.5 Å². The molecule has 5 rings (SSSR count). The highest BCUT2D eigenvalue weighted by atomic mass is 19.4. The van der Waals surface area contributed by atoms with Crippen molar-refractivity contribution in [1.82, 2.24) is 14.4 Å². The molecule has 2 unspecified atom stereocenters. The summed E-state index contributed by atoms with van der Waals surface area (Å²) in [5.41, 5.74) is 3.13. The number of aryl methyl sites for hydroxylation is 2. The zero-order valence-electron chi connectivity index (χ0n) is 32.2. The van der Waals surface area contributed by atoms with E-state index in [1.807, 2.05) is 28.8 Å². The molecule has 4 N–H and O–H groups in total. The first-order valence-corrected chi connectivity index (χ1v) is 18.6. The molecule has 314 valence electrons. The van der Waals surface area contributed by atoms with Gasteiger partial charge in [-0.1, -0.05) is 68.4 Å². The van der Waals surface area contributed by atoms with E-state index in [1.165, 1.54) is 24.3 Å². The predicted molar refractivity (Wildman–Crippen MR) is 209 cm³/mol. The summed E-state index contributed by atoms with van der Waals surface area (Å²) in [4.78, 5) is 50.8. The molecule has 2 atom stereocenters. The van der Waals surface area contributed by atoms with Crippen LogP contribution in [0.1, 0.15) is 36.2 Å². The molecule has 16 heteroatoms. The van der Waals surface area contributed by atoms with E-state index in [9.17, 15) is 41.1 Å². The van der Waals surface area contributed by atoms with Crippen LogP contribution in [-0.4, -0.2) is 91.0 Å². The second-order valence-corrected chi connectivity index (χ2v) is 13.5. The second-order valence-electron chi connectivity index (χ2n) is 13.5. The number of aliphatic carboxylic acids is 2. The van der Waals surface area contributed by atoms with Crippen LogP contribution in [0.3, 0.4) is 0 Å². The van der Waals surface area contributed by atoms with Crippen molar-refractivity contribution in [3.8, 4) is 11.1 Å². The van der Waals surface area contributed by atoms with E-state index in [2.05, 4.69) is 18.7 Å². The molecule has 4 aromatic carbocycles. The number of carbonyl (C=O) groups is 3. The molecule has 0 aliphatic heterocycles. The van der Waals surface area contributed by atoms with Crippen molar-refractivity contribution in [2.75, 3.05) is 26.2 Å². The summed E-state index contributed by atoms with van der Waals surface area (Å²) in [5.74, 6) is -5.58. The van der Waals surface area contributed by atoms with Gasteiger partial charge in [0.1, 0.15) is 6.54 Å². The number of benzene rings is 4. The summed E-state index contributed by atoms with van der Waals surface area (Å²) >= 11 is 0. The Balaban J connectivity index is 0.000000680. The van der Waals surface area contributed by atoms with E-state index in [4.69, 9.17) is 20.4 Å². The van der Waals surface area contributed by atoms with Crippen molar-refractivity contribution in [3.05, 3.63) is 141 Å². The number of aliphatic hydroxyl groups excluding tert-OH is 2. The van der Waals surface area contributed by atoms with Crippen LogP contribution >= 0.6 is 0 Å². The van der Waals surface area contributed by atoms with Crippen molar-refractivity contribution in [2.45, 2.75) is 58.2 Å². The van der Waals surface area contributed by atoms with E-state index in [-0.39, 0.29) is 17.9 Å². The summed E-state index contributed by atoms with van der Waals surface area (Å²) in [6.07, 6.45) is -8.29. The van der Waals surface area contributed by atoms with Crippen LogP contribution in [0.15, 0.2) is 102 Å². The third-order valence-corrected chi connectivity index (χ3v) is 9.66. The number of carbonyl (C=O) groups excluding carboxylic acids is 1. The van der Waals surface area contributed by atoms with Gasteiger partial charge < -0.3 is 34.8 Å². The Morgan fingerprint density at radius 2 is 1.27 bits per heavy atom. The molecule has 59 heavy (non-hydrogen) atoms. The largest absolute Gasteiger partial charge is 0.479 e. The number of aliphatic hydroxyl groups is 2. The lowest BCUT2D eigenvalue weighted by atomic mass is 10.0. The standard InChI is InChI=1S/C39H38F5N3O2.C4H6O6/c1-3-45(4-2)21-22-46(25-28-9-13-29(14-10-28)30-15-17-31(18-16-30)39(42,43)44)38(49)26-47-32(19-11-27-12-20-34(40)35(41)23-27)24-37(48)33-7-5-6-8-36(33)47;5-1(3(7)8)2(6)4(9)10/h5-10,12-18,20,23-24H,3-4,11,19,21-22,25-26H2,1-2H3;1-2,5-6H,(H,7,8)(H,9,10). The molecule has 0 bridgehead atoms. The van der Waals surface area contributed by atoms with Gasteiger partial charge in [0.25, 0.3) is 0 Å². The number of rotatable bonds is 16. The average molecular weight is 826 g/mol. The molecule has 0 saturated carbocycles. The molecule has 1 aromatic heterocycles. The Kier molecular flexibility index (Phi) is 16.0.